The van der Waals surface area contributed by atoms with Crippen LogP contribution in [0.2, 0.25) is 5.02 Å². The molecule has 1 amide bonds. The first-order chi connectivity index (χ1) is 14.1. The summed E-state index contributed by atoms with van der Waals surface area (Å²) in [5, 5.41) is 14.9. The van der Waals surface area contributed by atoms with Crippen LogP contribution in [0.5, 0.6) is 5.75 Å². The normalized spacial score (nSPS) is 11.9. The molecule has 1 aromatic heterocycles. The van der Waals surface area contributed by atoms with E-state index in [1.807, 2.05) is 61.5 Å². The highest BCUT2D eigenvalue weighted by Crippen LogP contribution is 2.29. The van der Waals surface area contributed by atoms with Gasteiger partial charge in [-0.3, -0.25) is 10.1 Å². The lowest BCUT2D eigenvalue weighted by Gasteiger charge is -2.17. The van der Waals surface area contributed by atoms with Crippen molar-refractivity contribution in [3.8, 4) is 16.3 Å². The Balaban J connectivity index is 1.49. The molecule has 29 heavy (non-hydrogen) atoms. The highest BCUT2D eigenvalue weighted by atomic mass is 35.5. The molecule has 0 unspecified atom stereocenters. The molecule has 146 valence electrons. The van der Waals surface area contributed by atoms with Crippen LogP contribution in [0.15, 0.2) is 66.7 Å². The largest absolute Gasteiger partial charge is 0.480 e. The summed E-state index contributed by atoms with van der Waals surface area (Å²) in [5.41, 5.74) is 0.895. The van der Waals surface area contributed by atoms with Crippen LogP contribution in [0, 0.1) is 0 Å². The first kappa shape index (κ1) is 19.4. The van der Waals surface area contributed by atoms with E-state index in [0.29, 0.717) is 27.3 Å². The number of nitrogens with one attached hydrogen (secondary N) is 1. The average molecular weight is 424 g/mol. The van der Waals surface area contributed by atoms with E-state index in [2.05, 4.69) is 15.5 Å². The number of amides is 1. The fraction of sp³-hybridized carbons (Fsp3) is 0.136. The second-order valence-electron chi connectivity index (χ2n) is 6.40. The Morgan fingerprint density at radius 2 is 1.83 bits per heavy atom. The first-order valence-corrected chi connectivity index (χ1v) is 10.4. The number of halogens is 1. The van der Waals surface area contributed by atoms with E-state index in [1.54, 1.807) is 12.1 Å². The van der Waals surface area contributed by atoms with E-state index in [9.17, 15) is 4.79 Å². The highest BCUT2D eigenvalue weighted by Gasteiger charge is 2.21. The van der Waals surface area contributed by atoms with Crippen LogP contribution in [0.3, 0.4) is 0 Å². The lowest BCUT2D eigenvalue weighted by Crippen LogP contribution is -2.32. The maximum absolute atomic E-state index is 12.8. The molecule has 1 N–H and O–H groups in total. The molecule has 4 aromatic rings. The van der Waals surface area contributed by atoms with Crippen LogP contribution in [0.1, 0.15) is 13.3 Å². The number of hydrogen-bond acceptors (Lipinski definition) is 5. The van der Waals surface area contributed by atoms with Gasteiger partial charge in [0.05, 0.1) is 0 Å². The molecule has 3 aromatic carbocycles. The summed E-state index contributed by atoms with van der Waals surface area (Å²) in [4.78, 5) is 12.8. The van der Waals surface area contributed by atoms with E-state index in [0.717, 1.165) is 16.3 Å². The summed E-state index contributed by atoms with van der Waals surface area (Å²) in [5.74, 6) is 0.434. The van der Waals surface area contributed by atoms with Crippen LogP contribution in [-0.4, -0.2) is 22.2 Å². The third-order valence-corrected chi connectivity index (χ3v) is 5.57. The molecule has 0 aliphatic carbocycles. The van der Waals surface area contributed by atoms with Gasteiger partial charge in [0.25, 0.3) is 5.91 Å². The number of anilines is 1. The molecule has 7 heteroatoms. The molecule has 0 fully saturated rings. The second kappa shape index (κ2) is 8.59. The smallest absolute Gasteiger partial charge is 0.267 e. The van der Waals surface area contributed by atoms with Gasteiger partial charge in [-0.2, -0.15) is 0 Å². The molecule has 0 saturated heterocycles. The van der Waals surface area contributed by atoms with E-state index in [4.69, 9.17) is 16.3 Å². The number of carbonyl (C=O) groups is 1. The van der Waals surface area contributed by atoms with Crippen molar-refractivity contribution in [1.82, 2.24) is 10.2 Å². The Morgan fingerprint density at radius 3 is 2.62 bits per heavy atom. The first-order valence-electron chi connectivity index (χ1n) is 9.19. The van der Waals surface area contributed by atoms with Crippen molar-refractivity contribution in [3.05, 3.63) is 71.8 Å². The van der Waals surface area contributed by atoms with Crippen LogP contribution in [0.25, 0.3) is 21.3 Å². The van der Waals surface area contributed by atoms with Crippen LogP contribution in [-0.2, 0) is 4.79 Å². The van der Waals surface area contributed by atoms with Gasteiger partial charge in [-0.1, -0.05) is 78.4 Å². The summed E-state index contributed by atoms with van der Waals surface area (Å²) in [6.07, 6.45) is -0.110. The standard InChI is InChI=1S/C22H18ClN3O2S/c1-2-18(28-19-9-5-7-14-6-3-4-8-17(14)19)20(27)24-22-26-25-21(29-22)15-10-12-16(23)13-11-15/h3-13,18H,2H2,1H3,(H,24,26,27)/t18-/m1/s1. The van der Waals surface area contributed by atoms with E-state index in [-0.39, 0.29) is 5.91 Å². The zero-order valence-corrected chi connectivity index (χ0v) is 17.2. The molecule has 5 nitrogen and oxygen atoms in total. The molecule has 4 rings (SSSR count). The van der Waals surface area contributed by atoms with Crippen LogP contribution in [0.4, 0.5) is 5.13 Å². The van der Waals surface area contributed by atoms with Gasteiger partial charge in [0.15, 0.2) is 6.10 Å². The van der Waals surface area contributed by atoms with E-state index in [1.165, 1.54) is 11.3 Å². The Bertz CT molecular complexity index is 1140. The number of nitrogens with zero attached hydrogens (tertiary/aromatic N) is 2. The van der Waals surface area contributed by atoms with Gasteiger partial charge in [-0.25, -0.2) is 0 Å². The summed E-state index contributed by atoms with van der Waals surface area (Å²) < 4.78 is 6.05. The number of fused-ring (bicyclic) bond motifs is 1. The average Bonchev–Trinajstić information content (AvgIpc) is 3.21. The van der Waals surface area contributed by atoms with Gasteiger partial charge < -0.3 is 4.74 Å². The topological polar surface area (TPSA) is 64.1 Å². The monoisotopic (exact) mass is 423 g/mol. The molecule has 0 aliphatic rings. The van der Waals surface area contributed by atoms with Crippen molar-refractivity contribution in [1.29, 1.82) is 0 Å². The minimum absolute atomic E-state index is 0.251. The number of aromatic nitrogens is 2. The predicted octanol–water partition coefficient (Wildman–Crippen LogP) is 5.81. The number of hydrogen-bond donors (Lipinski definition) is 1. The lowest BCUT2D eigenvalue weighted by atomic mass is 10.1. The maximum atomic E-state index is 12.8. The molecule has 0 saturated carbocycles. The Kier molecular flexibility index (Phi) is 5.74. The van der Waals surface area contributed by atoms with E-state index >= 15 is 0 Å². The number of benzene rings is 3. The molecule has 0 aliphatic heterocycles. The quantitative estimate of drug-likeness (QED) is 0.425. The van der Waals surface area contributed by atoms with Crippen molar-refractivity contribution in [3.63, 3.8) is 0 Å². The van der Waals surface area contributed by atoms with Crippen molar-refractivity contribution in [2.24, 2.45) is 0 Å². The molecule has 1 heterocycles. The summed E-state index contributed by atoms with van der Waals surface area (Å²) >= 11 is 7.23. The Hall–Kier alpha value is -2.96. The van der Waals surface area contributed by atoms with Crippen molar-refractivity contribution in [2.75, 3.05) is 5.32 Å². The van der Waals surface area contributed by atoms with Gasteiger partial charge in [-0.15, -0.1) is 10.2 Å². The fourth-order valence-electron chi connectivity index (χ4n) is 2.94. The molecular weight excluding hydrogens is 406 g/mol. The molecular formula is C22H18ClN3O2S. The number of rotatable bonds is 6. The van der Waals surface area contributed by atoms with Gasteiger partial charge in [-0.05, 0) is 30.0 Å². The van der Waals surface area contributed by atoms with Crippen molar-refractivity contribution >= 4 is 44.7 Å². The SMILES string of the molecule is CC[C@@H](Oc1cccc2ccccc12)C(=O)Nc1nnc(-c2ccc(Cl)cc2)s1. The number of ether oxygens (including phenoxy) is 1. The van der Waals surface area contributed by atoms with Gasteiger partial charge in [0.2, 0.25) is 5.13 Å². The van der Waals surface area contributed by atoms with Gasteiger partial charge in [0.1, 0.15) is 10.8 Å². The van der Waals surface area contributed by atoms with Crippen LogP contribution >= 0.6 is 22.9 Å². The van der Waals surface area contributed by atoms with Crippen LogP contribution < -0.4 is 10.1 Å². The Morgan fingerprint density at radius 1 is 1.07 bits per heavy atom. The molecule has 0 bridgehead atoms. The lowest BCUT2D eigenvalue weighted by molar-refractivity contribution is -0.122. The van der Waals surface area contributed by atoms with Crippen molar-refractivity contribution < 1.29 is 9.53 Å². The number of carbonyl (C=O) groups excluding carboxylic acids is 1. The molecule has 0 spiro atoms. The minimum Gasteiger partial charge on any atom is -0.480 e. The Labute approximate surface area is 177 Å². The van der Waals surface area contributed by atoms with Gasteiger partial charge >= 0.3 is 0 Å². The van der Waals surface area contributed by atoms with Crippen molar-refractivity contribution in [2.45, 2.75) is 19.4 Å². The summed E-state index contributed by atoms with van der Waals surface area (Å²) in [6.45, 7) is 1.91. The maximum Gasteiger partial charge on any atom is 0.267 e. The predicted molar refractivity (Wildman–Crippen MR) is 118 cm³/mol. The zero-order valence-electron chi connectivity index (χ0n) is 15.6. The zero-order chi connectivity index (χ0) is 20.2. The minimum atomic E-state index is -0.635. The fourth-order valence-corrected chi connectivity index (χ4v) is 3.82. The molecule has 1 atom stereocenters. The summed E-state index contributed by atoms with van der Waals surface area (Å²) in [7, 11) is 0. The summed E-state index contributed by atoms with van der Waals surface area (Å²) in [6, 6.07) is 21.1. The van der Waals surface area contributed by atoms with Gasteiger partial charge in [0, 0.05) is 16.0 Å². The molecule has 0 radical (unpaired) electrons. The third kappa shape index (κ3) is 4.39. The highest BCUT2D eigenvalue weighted by molar-refractivity contribution is 7.18. The van der Waals surface area contributed by atoms with E-state index < -0.39 is 6.10 Å². The third-order valence-electron chi connectivity index (χ3n) is 4.43. The second-order valence-corrected chi connectivity index (χ2v) is 7.81.